The van der Waals surface area contributed by atoms with E-state index in [0.29, 0.717) is 16.8 Å². The summed E-state index contributed by atoms with van der Waals surface area (Å²) in [5.41, 5.74) is 1.55. The SMILES string of the molecule is Cc1cccc(Cl)c1NC(=O)OC1CCCN(C(C)C)C1. The van der Waals surface area contributed by atoms with Gasteiger partial charge in [0.25, 0.3) is 0 Å². The molecule has 2 rings (SSSR count). The lowest BCUT2D eigenvalue weighted by Gasteiger charge is -2.34. The number of benzene rings is 1. The van der Waals surface area contributed by atoms with E-state index < -0.39 is 6.09 Å². The van der Waals surface area contributed by atoms with Gasteiger partial charge in [0.2, 0.25) is 0 Å². The fourth-order valence-corrected chi connectivity index (χ4v) is 2.87. The van der Waals surface area contributed by atoms with Gasteiger partial charge >= 0.3 is 6.09 Å². The van der Waals surface area contributed by atoms with Crippen molar-refractivity contribution in [2.75, 3.05) is 18.4 Å². The Kier molecular flexibility index (Phi) is 5.48. The number of hydrogen-bond acceptors (Lipinski definition) is 3. The molecule has 1 aromatic carbocycles. The maximum atomic E-state index is 12.1. The van der Waals surface area contributed by atoms with Crippen LogP contribution in [0.5, 0.6) is 0 Å². The molecule has 1 saturated heterocycles. The number of aryl methyl sites for hydroxylation is 1. The number of carbonyl (C=O) groups excluding carboxylic acids is 1. The number of halogens is 1. The topological polar surface area (TPSA) is 41.6 Å². The fourth-order valence-electron chi connectivity index (χ4n) is 2.60. The third kappa shape index (κ3) is 4.35. The quantitative estimate of drug-likeness (QED) is 0.915. The summed E-state index contributed by atoms with van der Waals surface area (Å²) in [6, 6.07) is 5.99. The van der Waals surface area contributed by atoms with Gasteiger partial charge in [-0.3, -0.25) is 10.2 Å². The zero-order valence-corrected chi connectivity index (χ0v) is 13.6. The van der Waals surface area contributed by atoms with E-state index in [0.717, 1.165) is 31.5 Å². The maximum absolute atomic E-state index is 12.1. The lowest BCUT2D eigenvalue weighted by Crippen LogP contribution is -2.44. The van der Waals surface area contributed by atoms with Crippen LogP contribution < -0.4 is 5.32 Å². The molecule has 0 radical (unpaired) electrons. The van der Waals surface area contributed by atoms with Crippen molar-refractivity contribution in [2.24, 2.45) is 0 Å². The molecule has 5 heteroatoms. The van der Waals surface area contributed by atoms with Gasteiger partial charge in [-0.2, -0.15) is 0 Å². The van der Waals surface area contributed by atoms with Gasteiger partial charge in [-0.25, -0.2) is 4.79 Å². The van der Waals surface area contributed by atoms with Crippen molar-refractivity contribution >= 4 is 23.4 Å². The molecule has 1 heterocycles. The minimum atomic E-state index is -0.429. The molecular formula is C16H23ClN2O2. The van der Waals surface area contributed by atoms with Crippen LogP contribution in [0.3, 0.4) is 0 Å². The number of nitrogens with one attached hydrogen (secondary N) is 1. The summed E-state index contributed by atoms with van der Waals surface area (Å²) in [5, 5.41) is 3.29. The Labute approximate surface area is 131 Å². The molecule has 1 unspecified atom stereocenters. The monoisotopic (exact) mass is 310 g/mol. The number of amides is 1. The summed E-state index contributed by atoms with van der Waals surface area (Å²) in [5.74, 6) is 0. The first kappa shape index (κ1) is 16.1. The minimum Gasteiger partial charge on any atom is -0.445 e. The number of ether oxygens (including phenoxy) is 1. The summed E-state index contributed by atoms with van der Waals surface area (Å²) in [4.78, 5) is 14.4. The number of rotatable bonds is 3. The summed E-state index contributed by atoms with van der Waals surface area (Å²) < 4.78 is 5.54. The molecule has 1 atom stereocenters. The second-order valence-electron chi connectivity index (χ2n) is 5.81. The van der Waals surface area contributed by atoms with Crippen LogP contribution in [0.25, 0.3) is 0 Å². The molecule has 0 saturated carbocycles. The first-order valence-corrected chi connectivity index (χ1v) is 7.82. The van der Waals surface area contributed by atoms with Crippen molar-refractivity contribution in [2.45, 2.75) is 45.8 Å². The van der Waals surface area contributed by atoms with Crippen LogP contribution >= 0.6 is 11.6 Å². The van der Waals surface area contributed by atoms with E-state index in [2.05, 4.69) is 24.1 Å². The first-order valence-electron chi connectivity index (χ1n) is 7.44. The zero-order valence-electron chi connectivity index (χ0n) is 12.9. The molecule has 1 aliphatic heterocycles. The largest absolute Gasteiger partial charge is 0.445 e. The van der Waals surface area contributed by atoms with Gasteiger partial charge in [0, 0.05) is 12.6 Å². The molecule has 0 aromatic heterocycles. The van der Waals surface area contributed by atoms with Crippen LogP contribution in [0.4, 0.5) is 10.5 Å². The molecule has 4 nitrogen and oxygen atoms in total. The van der Waals surface area contributed by atoms with E-state index >= 15 is 0 Å². The summed E-state index contributed by atoms with van der Waals surface area (Å²) in [6.45, 7) is 8.10. The van der Waals surface area contributed by atoms with Crippen LogP contribution in [-0.4, -0.2) is 36.2 Å². The lowest BCUT2D eigenvalue weighted by molar-refractivity contribution is 0.0384. The van der Waals surface area contributed by atoms with Gasteiger partial charge < -0.3 is 4.74 Å². The lowest BCUT2D eigenvalue weighted by atomic mass is 10.1. The van der Waals surface area contributed by atoms with Crippen molar-refractivity contribution in [3.8, 4) is 0 Å². The van der Waals surface area contributed by atoms with Gasteiger partial charge in [0.1, 0.15) is 6.10 Å². The van der Waals surface area contributed by atoms with Crippen LogP contribution in [0.1, 0.15) is 32.3 Å². The molecule has 21 heavy (non-hydrogen) atoms. The Morgan fingerprint density at radius 1 is 1.48 bits per heavy atom. The molecule has 1 aromatic rings. The average molecular weight is 311 g/mol. The van der Waals surface area contributed by atoms with Gasteiger partial charge in [-0.1, -0.05) is 23.7 Å². The van der Waals surface area contributed by atoms with E-state index in [1.54, 1.807) is 6.07 Å². The standard InChI is InChI=1S/C16H23ClN2O2/c1-11(2)19-9-5-7-13(10-19)21-16(20)18-15-12(3)6-4-8-14(15)17/h4,6,8,11,13H,5,7,9-10H2,1-3H3,(H,18,20). The van der Waals surface area contributed by atoms with Crippen molar-refractivity contribution in [1.82, 2.24) is 4.90 Å². The van der Waals surface area contributed by atoms with Gasteiger partial charge in [-0.15, -0.1) is 0 Å². The fraction of sp³-hybridized carbons (Fsp3) is 0.562. The van der Waals surface area contributed by atoms with Crippen LogP contribution in [-0.2, 0) is 4.74 Å². The second kappa shape index (κ2) is 7.14. The number of carbonyl (C=O) groups is 1. The third-order valence-corrected chi connectivity index (χ3v) is 4.18. The Hall–Kier alpha value is -1.26. The van der Waals surface area contributed by atoms with Crippen LogP contribution in [0, 0.1) is 6.92 Å². The van der Waals surface area contributed by atoms with E-state index in [4.69, 9.17) is 16.3 Å². The van der Waals surface area contributed by atoms with Gasteiger partial charge in [0.15, 0.2) is 0 Å². The number of piperidine rings is 1. The highest BCUT2D eigenvalue weighted by Gasteiger charge is 2.24. The van der Waals surface area contributed by atoms with Crippen molar-refractivity contribution in [1.29, 1.82) is 0 Å². The van der Waals surface area contributed by atoms with Gasteiger partial charge in [-0.05, 0) is 51.8 Å². The highest BCUT2D eigenvalue weighted by molar-refractivity contribution is 6.33. The van der Waals surface area contributed by atoms with E-state index in [1.165, 1.54) is 0 Å². The molecular weight excluding hydrogens is 288 g/mol. The average Bonchev–Trinajstić information content (AvgIpc) is 2.43. The van der Waals surface area contributed by atoms with Crippen molar-refractivity contribution in [3.63, 3.8) is 0 Å². The summed E-state index contributed by atoms with van der Waals surface area (Å²) in [6.07, 6.45) is 1.49. The predicted octanol–water partition coefficient (Wildman–Crippen LogP) is 4.07. The Bertz CT molecular complexity index is 485. The van der Waals surface area contributed by atoms with Crippen LogP contribution in [0.15, 0.2) is 18.2 Å². The van der Waals surface area contributed by atoms with Crippen molar-refractivity contribution < 1.29 is 9.53 Å². The molecule has 0 spiro atoms. The number of anilines is 1. The molecule has 116 valence electrons. The predicted molar refractivity (Wildman–Crippen MR) is 86.0 cm³/mol. The minimum absolute atomic E-state index is 0.0519. The number of para-hydroxylation sites is 1. The molecule has 0 aliphatic carbocycles. The number of nitrogens with zero attached hydrogens (tertiary/aromatic N) is 1. The van der Waals surface area contributed by atoms with Gasteiger partial charge in [0.05, 0.1) is 10.7 Å². The van der Waals surface area contributed by atoms with Crippen LogP contribution in [0.2, 0.25) is 5.02 Å². The van der Waals surface area contributed by atoms with Crippen molar-refractivity contribution in [3.05, 3.63) is 28.8 Å². The molecule has 1 aliphatic rings. The Morgan fingerprint density at radius 3 is 2.90 bits per heavy atom. The maximum Gasteiger partial charge on any atom is 0.411 e. The van der Waals surface area contributed by atoms with E-state index in [-0.39, 0.29) is 6.10 Å². The molecule has 1 fully saturated rings. The second-order valence-corrected chi connectivity index (χ2v) is 6.22. The molecule has 1 N–H and O–H groups in total. The first-order chi connectivity index (χ1) is 9.97. The number of likely N-dealkylation sites (tertiary alicyclic amines) is 1. The molecule has 0 bridgehead atoms. The highest BCUT2D eigenvalue weighted by Crippen LogP contribution is 2.25. The summed E-state index contributed by atoms with van der Waals surface area (Å²) in [7, 11) is 0. The normalized spacial score (nSPS) is 19.6. The zero-order chi connectivity index (χ0) is 15.4. The van der Waals surface area contributed by atoms with E-state index in [1.807, 2.05) is 19.1 Å². The van der Waals surface area contributed by atoms with E-state index in [9.17, 15) is 4.79 Å². The Morgan fingerprint density at radius 2 is 2.24 bits per heavy atom. The summed E-state index contributed by atoms with van der Waals surface area (Å²) >= 11 is 6.10. The number of hydrogen-bond donors (Lipinski definition) is 1. The smallest absolute Gasteiger partial charge is 0.411 e. The highest BCUT2D eigenvalue weighted by atomic mass is 35.5. The third-order valence-electron chi connectivity index (χ3n) is 3.86. The Balaban J connectivity index is 1.93. The molecule has 1 amide bonds.